The zero-order valence-corrected chi connectivity index (χ0v) is 14.9. The summed E-state index contributed by atoms with van der Waals surface area (Å²) in [5, 5.41) is 5.37. The molecule has 0 bridgehead atoms. The summed E-state index contributed by atoms with van der Waals surface area (Å²) < 4.78 is 19.1. The number of anilines is 1. The highest BCUT2D eigenvalue weighted by Gasteiger charge is 2.16. The van der Waals surface area contributed by atoms with Crippen LogP contribution in [0.1, 0.15) is 38.2 Å². The molecule has 0 aliphatic heterocycles. The zero-order chi connectivity index (χ0) is 18.9. The number of esters is 1. The molecule has 0 spiro atoms. The van der Waals surface area contributed by atoms with E-state index in [-0.39, 0.29) is 24.2 Å². The van der Waals surface area contributed by atoms with Crippen molar-refractivity contribution in [3.05, 3.63) is 59.9 Å². The molecule has 0 heterocycles. The van der Waals surface area contributed by atoms with E-state index in [0.29, 0.717) is 23.5 Å². The number of amides is 2. The molecule has 2 rings (SSSR count). The molecule has 138 valence electrons. The normalized spacial score (nSPS) is 11.5. The van der Waals surface area contributed by atoms with Crippen molar-refractivity contribution in [3.63, 3.8) is 0 Å². The lowest BCUT2D eigenvalue weighted by molar-refractivity contribution is -0.134. The topological polar surface area (TPSA) is 67.4 Å². The summed E-state index contributed by atoms with van der Waals surface area (Å²) in [5.74, 6) is -0.778. The summed E-state index contributed by atoms with van der Waals surface area (Å²) in [4.78, 5) is 23.8. The highest BCUT2D eigenvalue weighted by molar-refractivity contribution is 5.89. The number of ether oxygens (including phenoxy) is 1. The molecule has 0 saturated heterocycles. The highest BCUT2D eigenvalue weighted by Crippen LogP contribution is 2.24. The van der Waals surface area contributed by atoms with Crippen LogP contribution in [0.15, 0.2) is 48.5 Å². The molecule has 0 aliphatic carbocycles. The first kappa shape index (κ1) is 19.4. The molecule has 6 heteroatoms. The minimum absolute atomic E-state index is 0.0512. The average molecular weight is 358 g/mol. The Labute approximate surface area is 152 Å². The van der Waals surface area contributed by atoms with E-state index in [0.717, 1.165) is 6.42 Å². The van der Waals surface area contributed by atoms with Gasteiger partial charge in [-0.05, 0) is 36.1 Å². The smallest absolute Gasteiger partial charge is 0.319 e. The van der Waals surface area contributed by atoms with Crippen LogP contribution < -0.4 is 15.4 Å². The van der Waals surface area contributed by atoms with Crippen LogP contribution in [-0.4, -0.2) is 18.5 Å². The minimum atomic E-state index is -0.465. The van der Waals surface area contributed by atoms with Gasteiger partial charge in [0.15, 0.2) is 0 Å². The van der Waals surface area contributed by atoms with E-state index in [4.69, 9.17) is 4.74 Å². The Kier molecular flexibility index (Phi) is 7.14. The Balaban J connectivity index is 1.93. The first-order chi connectivity index (χ1) is 12.5. The number of carbonyl (C=O) groups excluding carboxylic acids is 2. The number of carbonyl (C=O) groups is 2. The number of nitrogens with one attached hydrogen (secondary N) is 2. The Bertz CT molecular complexity index is 764. The third kappa shape index (κ3) is 5.88. The van der Waals surface area contributed by atoms with Crippen molar-refractivity contribution >= 4 is 17.7 Å². The van der Waals surface area contributed by atoms with Crippen LogP contribution in [-0.2, 0) is 4.79 Å². The van der Waals surface area contributed by atoms with Crippen LogP contribution in [0, 0.1) is 5.82 Å². The second-order valence-corrected chi connectivity index (χ2v) is 6.01. The first-order valence-electron chi connectivity index (χ1n) is 8.59. The number of hydrogen-bond acceptors (Lipinski definition) is 3. The third-order valence-corrected chi connectivity index (χ3v) is 3.77. The lowest BCUT2D eigenvalue weighted by atomic mass is 9.97. The predicted octanol–water partition coefficient (Wildman–Crippen LogP) is 4.46. The van der Waals surface area contributed by atoms with Crippen LogP contribution >= 0.6 is 0 Å². The van der Waals surface area contributed by atoms with E-state index in [2.05, 4.69) is 10.6 Å². The van der Waals surface area contributed by atoms with Crippen molar-refractivity contribution in [2.75, 3.05) is 11.9 Å². The maximum absolute atomic E-state index is 13.8. The molecule has 2 aromatic rings. The van der Waals surface area contributed by atoms with Gasteiger partial charge in [-0.25, -0.2) is 9.18 Å². The van der Waals surface area contributed by atoms with Crippen LogP contribution in [0.5, 0.6) is 5.75 Å². The number of urea groups is 1. The van der Waals surface area contributed by atoms with Crippen molar-refractivity contribution in [1.29, 1.82) is 0 Å². The van der Waals surface area contributed by atoms with Crippen molar-refractivity contribution in [3.8, 4) is 5.75 Å². The molecule has 5 nitrogen and oxygen atoms in total. The van der Waals surface area contributed by atoms with E-state index in [1.54, 1.807) is 49.4 Å². The van der Waals surface area contributed by atoms with Gasteiger partial charge in [0.2, 0.25) is 0 Å². The summed E-state index contributed by atoms with van der Waals surface area (Å²) in [6, 6.07) is 12.6. The van der Waals surface area contributed by atoms with Crippen LogP contribution in [0.3, 0.4) is 0 Å². The molecule has 2 aromatic carbocycles. The van der Waals surface area contributed by atoms with E-state index in [1.807, 2.05) is 6.92 Å². The molecular weight excluding hydrogens is 335 g/mol. The summed E-state index contributed by atoms with van der Waals surface area (Å²) in [6.45, 7) is 4.31. The SMILES string of the molecule is CCCNC(=O)Nc1cccc(OC(=O)CC(C)c2ccccc2F)c1. The quantitative estimate of drug-likeness (QED) is 0.567. The van der Waals surface area contributed by atoms with E-state index in [1.165, 1.54) is 6.07 Å². The lowest BCUT2D eigenvalue weighted by Crippen LogP contribution is -2.29. The number of benzene rings is 2. The van der Waals surface area contributed by atoms with Gasteiger partial charge < -0.3 is 15.4 Å². The van der Waals surface area contributed by atoms with Crippen LogP contribution in [0.4, 0.5) is 14.9 Å². The average Bonchev–Trinajstić information content (AvgIpc) is 2.60. The lowest BCUT2D eigenvalue weighted by Gasteiger charge is -2.13. The molecular formula is C20H23FN2O3. The maximum Gasteiger partial charge on any atom is 0.319 e. The van der Waals surface area contributed by atoms with Gasteiger partial charge in [-0.2, -0.15) is 0 Å². The van der Waals surface area contributed by atoms with Crippen molar-refractivity contribution in [2.24, 2.45) is 0 Å². The standard InChI is InChI=1S/C20H23FN2O3/c1-3-11-22-20(25)23-15-7-6-8-16(13-15)26-19(24)12-14(2)17-9-4-5-10-18(17)21/h4-10,13-14H,3,11-12H2,1-2H3,(H2,22,23,25). The van der Waals surface area contributed by atoms with Crippen molar-refractivity contribution in [1.82, 2.24) is 5.32 Å². The summed E-state index contributed by atoms with van der Waals surface area (Å²) in [5.41, 5.74) is 0.999. The highest BCUT2D eigenvalue weighted by atomic mass is 19.1. The Hall–Kier alpha value is -2.89. The van der Waals surface area contributed by atoms with Gasteiger partial charge in [-0.3, -0.25) is 4.79 Å². The molecule has 0 fully saturated rings. The van der Waals surface area contributed by atoms with Crippen molar-refractivity contribution < 1.29 is 18.7 Å². The van der Waals surface area contributed by atoms with Gasteiger partial charge in [-0.15, -0.1) is 0 Å². The molecule has 2 amide bonds. The number of hydrogen-bond donors (Lipinski definition) is 2. The van der Waals surface area contributed by atoms with Crippen molar-refractivity contribution in [2.45, 2.75) is 32.6 Å². The monoisotopic (exact) mass is 358 g/mol. The summed E-state index contributed by atoms with van der Waals surface area (Å²) >= 11 is 0. The van der Waals surface area contributed by atoms with Gasteiger partial charge in [0.05, 0.1) is 6.42 Å². The second-order valence-electron chi connectivity index (χ2n) is 6.01. The van der Waals surface area contributed by atoms with Gasteiger partial charge in [0.25, 0.3) is 0 Å². The fourth-order valence-corrected chi connectivity index (χ4v) is 2.46. The molecule has 0 aromatic heterocycles. The third-order valence-electron chi connectivity index (χ3n) is 3.77. The Morgan fingerprint density at radius 3 is 2.65 bits per heavy atom. The number of halogens is 1. The molecule has 2 N–H and O–H groups in total. The van der Waals surface area contributed by atoms with Crippen LogP contribution in [0.2, 0.25) is 0 Å². The predicted molar refractivity (Wildman–Crippen MR) is 98.8 cm³/mol. The molecule has 1 atom stereocenters. The van der Waals surface area contributed by atoms with Crippen LogP contribution in [0.25, 0.3) is 0 Å². The largest absolute Gasteiger partial charge is 0.426 e. The summed E-state index contributed by atoms with van der Waals surface area (Å²) in [7, 11) is 0. The fraction of sp³-hybridized carbons (Fsp3) is 0.300. The molecule has 0 aliphatic rings. The second kappa shape index (κ2) is 9.56. The minimum Gasteiger partial charge on any atom is -0.426 e. The molecule has 1 unspecified atom stereocenters. The Morgan fingerprint density at radius 1 is 1.15 bits per heavy atom. The van der Waals surface area contributed by atoms with E-state index < -0.39 is 5.97 Å². The maximum atomic E-state index is 13.8. The fourth-order valence-electron chi connectivity index (χ4n) is 2.46. The number of rotatable bonds is 7. The molecule has 0 radical (unpaired) electrons. The van der Waals surface area contributed by atoms with Gasteiger partial charge >= 0.3 is 12.0 Å². The van der Waals surface area contributed by atoms with Gasteiger partial charge in [-0.1, -0.05) is 38.1 Å². The molecule has 0 saturated carbocycles. The first-order valence-corrected chi connectivity index (χ1v) is 8.59. The Morgan fingerprint density at radius 2 is 1.92 bits per heavy atom. The van der Waals surface area contributed by atoms with E-state index in [9.17, 15) is 14.0 Å². The van der Waals surface area contributed by atoms with Gasteiger partial charge in [0.1, 0.15) is 11.6 Å². The van der Waals surface area contributed by atoms with Gasteiger partial charge in [0, 0.05) is 18.3 Å². The molecule has 26 heavy (non-hydrogen) atoms. The summed E-state index contributed by atoms with van der Waals surface area (Å²) in [6.07, 6.45) is 0.890. The van der Waals surface area contributed by atoms with E-state index >= 15 is 0 Å². The zero-order valence-electron chi connectivity index (χ0n) is 14.9.